The fourth-order valence-corrected chi connectivity index (χ4v) is 2.42. The van der Waals surface area contributed by atoms with Crippen molar-refractivity contribution in [1.29, 1.82) is 0 Å². The van der Waals surface area contributed by atoms with Gasteiger partial charge in [0, 0.05) is 41.1 Å². The van der Waals surface area contributed by atoms with E-state index in [1.54, 1.807) is 12.1 Å². The maximum absolute atomic E-state index is 11.0. The van der Waals surface area contributed by atoms with Crippen LogP contribution in [-0.2, 0) is 6.42 Å². The summed E-state index contributed by atoms with van der Waals surface area (Å²) in [4.78, 5) is 13.0. The minimum absolute atomic E-state index is 0.0926. The van der Waals surface area contributed by atoms with Crippen LogP contribution in [0.5, 0.6) is 0 Å². The van der Waals surface area contributed by atoms with Crippen molar-refractivity contribution in [3.63, 3.8) is 0 Å². The van der Waals surface area contributed by atoms with Crippen molar-refractivity contribution >= 4 is 28.9 Å². The lowest BCUT2D eigenvalue weighted by molar-refractivity contribution is 0.767. The van der Waals surface area contributed by atoms with Crippen molar-refractivity contribution in [3.05, 3.63) is 50.4 Å². The van der Waals surface area contributed by atoms with Gasteiger partial charge in [-0.15, -0.1) is 0 Å². The molecule has 0 aliphatic heterocycles. The Morgan fingerprint density at radius 3 is 2.37 bits per heavy atom. The number of aryl methyl sites for hydroxylation is 1. The molecule has 0 bridgehead atoms. The second kappa shape index (κ2) is 6.17. The molecule has 0 amide bonds. The van der Waals surface area contributed by atoms with E-state index < -0.39 is 0 Å². The molecule has 2 aromatic rings. The lowest BCUT2D eigenvalue weighted by atomic mass is 10.2. The number of nitrogens with one attached hydrogen (secondary N) is 2. The molecule has 0 saturated carbocycles. The summed E-state index contributed by atoms with van der Waals surface area (Å²) in [6, 6.07) is 7.05. The summed E-state index contributed by atoms with van der Waals surface area (Å²) < 4.78 is 0. The number of halogens is 2. The first kappa shape index (κ1) is 14.0. The highest BCUT2D eigenvalue weighted by molar-refractivity contribution is 6.35. The number of hydrogen-bond donors (Lipinski definition) is 2. The van der Waals surface area contributed by atoms with Gasteiger partial charge in [0.15, 0.2) is 0 Å². The van der Waals surface area contributed by atoms with Gasteiger partial charge in [-0.1, -0.05) is 23.2 Å². The average Bonchev–Trinajstić information content (AvgIpc) is 2.73. The molecule has 0 fully saturated rings. The number of rotatable bonds is 5. The molecular formula is C13H15Cl2N3O. The van der Waals surface area contributed by atoms with Crippen LogP contribution in [0.1, 0.15) is 12.1 Å². The van der Waals surface area contributed by atoms with Gasteiger partial charge in [-0.3, -0.25) is 9.89 Å². The molecule has 1 aromatic carbocycles. The second-order valence-electron chi connectivity index (χ2n) is 4.44. The van der Waals surface area contributed by atoms with Crippen molar-refractivity contribution in [2.24, 2.45) is 0 Å². The number of nitrogens with zero attached hydrogens (tertiary/aromatic N) is 1. The Kier molecular flexibility index (Phi) is 4.56. The van der Waals surface area contributed by atoms with E-state index in [4.69, 9.17) is 23.2 Å². The molecule has 19 heavy (non-hydrogen) atoms. The van der Waals surface area contributed by atoms with E-state index in [1.165, 1.54) is 0 Å². The zero-order chi connectivity index (χ0) is 13.8. The van der Waals surface area contributed by atoms with Crippen LogP contribution in [0.3, 0.4) is 0 Å². The first-order chi connectivity index (χ1) is 9.04. The van der Waals surface area contributed by atoms with Gasteiger partial charge in [0.1, 0.15) is 0 Å². The van der Waals surface area contributed by atoms with Crippen LogP contribution in [-0.4, -0.2) is 23.8 Å². The molecular weight excluding hydrogens is 285 g/mol. The minimum atomic E-state index is -0.0926. The van der Waals surface area contributed by atoms with E-state index >= 15 is 0 Å². The highest BCUT2D eigenvalue weighted by Gasteiger charge is 2.04. The van der Waals surface area contributed by atoms with E-state index in [9.17, 15) is 4.79 Å². The van der Waals surface area contributed by atoms with Crippen LogP contribution in [0.15, 0.2) is 29.1 Å². The molecule has 0 spiro atoms. The largest absolute Gasteiger partial charge is 0.375 e. The fraction of sp³-hybridized carbons (Fsp3) is 0.308. The van der Waals surface area contributed by atoms with Crippen LogP contribution >= 0.6 is 23.2 Å². The Labute approximate surface area is 121 Å². The van der Waals surface area contributed by atoms with Gasteiger partial charge in [-0.2, -0.15) is 0 Å². The molecule has 2 rings (SSSR count). The summed E-state index contributed by atoms with van der Waals surface area (Å²) in [6.45, 7) is 0.851. The van der Waals surface area contributed by atoms with E-state index in [0.29, 0.717) is 10.0 Å². The fourth-order valence-electron chi connectivity index (χ4n) is 1.90. The van der Waals surface area contributed by atoms with Crippen LogP contribution in [0, 0.1) is 0 Å². The van der Waals surface area contributed by atoms with Crippen LogP contribution < -0.4 is 10.5 Å². The van der Waals surface area contributed by atoms with Gasteiger partial charge in [-0.05, 0) is 31.0 Å². The summed E-state index contributed by atoms with van der Waals surface area (Å²) in [5, 5.41) is 6.62. The van der Waals surface area contributed by atoms with Crippen molar-refractivity contribution in [3.8, 4) is 0 Å². The Morgan fingerprint density at radius 1 is 1.11 bits per heavy atom. The van der Waals surface area contributed by atoms with E-state index in [2.05, 4.69) is 15.1 Å². The molecule has 4 nitrogen and oxygen atoms in total. The van der Waals surface area contributed by atoms with Gasteiger partial charge in [0.2, 0.25) is 0 Å². The lowest BCUT2D eigenvalue weighted by Gasteiger charge is -2.19. The number of benzene rings is 1. The quantitative estimate of drug-likeness (QED) is 0.891. The van der Waals surface area contributed by atoms with Gasteiger partial charge in [0.05, 0.1) is 0 Å². The smallest absolute Gasteiger partial charge is 0.264 e. The van der Waals surface area contributed by atoms with Gasteiger partial charge < -0.3 is 10.00 Å². The molecule has 0 aliphatic carbocycles. The maximum Gasteiger partial charge on any atom is 0.264 e. The topological polar surface area (TPSA) is 51.9 Å². The molecule has 0 aliphatic rings. The number of hydrogen-bond acceptors (Lipinski definition) is 2. The molecule has 1 aromatic heterocycles. The predicted octanol–water partition coefficient (Wildman–Crippen LogP) is 3.08. The number of anilines is 1. The van der Waals surface area contributed by atoms with Gasteiger partial charge >= 0.3 is 0 Å². The molecule has 0 radical (unpaired) electrons. The third kappa shape index (κ3) is 4.04. The van der Waals surface area contributed by atoms with Crippen molar-refractivity contribution < 1.29 is 0 Å². The van der Waals surface area contributed by atoms with Crippen LogP contribution in [0.2, 0.25) is 10.0 Å². The van der Waals surface area contributed by atoms with Crippen LogP contribution in [0.4, 0.5) is 5.69 Å². The summed E-state index contributed by atoms with van der Waals surface area (Å²) in [6.07, 6.45) is 1.74. The summed E-state index contributed by atoms with van der Waals surface area (Å²) in [5.41, 5.74) is 1.81. The third-order valence-corrected chi connectivity index (χ3v) is 3.32. The SMILES string of the molecule is CN(CCCc1cc(=O)[nH][nH]1)c1cc(Cl)cc(Cl)c1. The zero-order valence-electron chi connectivity index (χ0n) is 10.5. The van der Waals surface area contributed by atoms with Gasteiger partial charge in [0.25, 0.3) is 5.56 Å². The first-order valence-electron chi connectivity index (χ1n) is 5.98. The zero-order valence-corrected chi connectivity index (χ0v) is 12.1. The summed E-state index contributed by atoms with van der Waals surface area (Å²) in [7, 11) is 1.99. The molecule has 0 unspecified atom stereocenters. The van der Waals surface area contributed by atoms with Crippen molar-refractivity contribution in [2.45, 2.75) is 12.8 Å². The van der Waals surface area contributed by atoms with Crippen LogP contribution in [0.25, 0.3) is 0 Å². The molecule has 2 N–H and O–H groups in total. The highest BCUT2D eigenvalue weighted by Crippen LogP contribution is 2.24. The monoisotopic (exact) mass is 299 g/mol. The number of aromatic nitrogens is 2. The Bertz CT molecular complexity index is 586. The Balaban J connectivity index is 1.90. The molecule has 0 saturated heterocycles. The standard InChI is InChI=1S/C13H15Cl2N3O/c1-18(12-6-9(14)5-10(15)7-12)4-2-3-11-8-13(19)17-16-11/h5-8H,2-4H2,1H3,(H2,16,17,19). The Hall–Kier alpha value is -1.39. The summed E-state index contributed by atoms with van der Waals surface area (Å²) >= 11 is 11.9. The van der Waals surface area contributed by atoms with E-state index in [1.807, 2.05) is 19.2 Å². The lowest BCUT2D eigenvalue weighted by Crippen LogP contribution is -2.19. The van der Waals surface area contributed by atoms with E-state index in [-0.39, 0.29) is 5.56 Å². The molecule has 1 heterocycles. The predicted molar refractivity (Wildman–Crippen MR) is 79.5 cm³/mol. The van der Waals surface area contributed by atoms with E-state index in [0.717, 1.165) is 30.8 Å². The molecule has 0 atom stereocenters. The number of H-pyrrole nitrogens is 2. The normalized spacial score (nSPS) is 10.7. The van der Waals surface area contributed by atoms with Crippen molar-refractivity contribution in [1.82, 2.24) is 10.2 Å². The molecule has 6 heteroatoms. The third-order valence-electron chi connectivity index (χ3n) is 2.88. The first-order valence-corrected chi connectivity index (χ1v) is 6.74. The Morgan fingerprint density at radius 2 is 1.79 bits per heavy atom. The summed E-state index contributed by atoms with van der Waals surface area (Å²) in [5.74, 6) is 0. The number of aromatic amines is 2. The highest BCUT2D eigenvalue weighted by atomic mass is 35.5. The molecule has 102 valence electrons. The second-order valence-corrected chi connectivity index (χ2v) is 5.31. The van der Waals surface area contributed by atoms with Gasteiger partial charge in [-0.25, -0.2) is 0 Å². The maximum atomic E-state index is 11.0. The average molecular weight is 300 g/mol. The minimum Gasteiger partial charge on any atom is -0.375 e. The van der Waals surface area contributed by atoms with Crippen molar-refractivity contribution in [2.75, 3.05) is 18.5 Å².